The number of oxime groups is 1. The van der Waals surface area contributed by atoms with E-state index in [2.05, 4.69) is 21.5 Å². The Morgan fingerprint density at radius 1 is 1.35 bits per heavy atom. The second-order valence-corrected chi connectivity index (χ2v) is 11.8. The number of rotatable bonds is 9. The van der Waals surface area contributed by atoms with Crippen LogP contribution in [0.15, 0.2) is 52.5 Å². The molecule has 0 aliphatic carbocycles. The molecule has 2 aliphatic heterocycles. The van der Waals surface area contributed by atoms with Crippen LogP contribution in [0.4, 0.5) is 5.13 Å². The summed E-state index contributed by atoms with van der Waals surface area (Å²) < 4.78 is 3.56. The van der Waals surface area contributed by atoms with Gasteiger partial charge in [-0.2, -0.15) is 5.26 Å². The van der Waals surface area contributed by atoms with Gasteiger partial charge in [-0.3, -0.25) is 14.5 Å². The van der Waals surface area contributed by atoms with Gasteiger partial charge in [-0.05, 0) is 19.9 Å². The number of imidazole rings is 1. The number of nitrogen functional groups attached to an aromatic ring is 1. The third-order valence-corrected chi connectivity index (χ3v) is 8.56. The third kappa shape index (κ3) is 6.10. The molecule has 0 bridgehead atoms. The van der Waals surface area contributed by atoms with E-state index in [0.29, 0.717) is 11.1 Å². The van der Waals surface area contributed by atoms with Crippen LogP contribution in [0.5, 0.6) is 0 Å². The van der Waals surface area contributed by atoms with E-state index in [-0.39, 0.29) is 58.4 Å². The second kappa shape index (κ2) is 12.3. The number of carboxylic acid groups (broad SMARTS) is 2. The minimum absolute atomic E-state index is 0. The van der Waals surface area contributed by atoms with E-state index in [9.17, 15) is 29.4 Å². The molecule has 5 N–H and O–H groups in total. The van der Waals surface area contributed by atoms with E-state index in [0.717, 1.165) is 21.9 Å². The Hall–Kier alpha value is -3.95. The summed E-state index contributed by atoms with van der Waals surface area (Å²) in [4.78, 5) is 60.5. The number of β-lactam (4-membered cyclic amide) rings is 1. The summed E-state index contributed by atoms with van der Waals surface area (Å²) in [6.45, 7) is 2.67. The minimum atomic E-state index is -1.77. The first kappa shape index (κ1) is 32.0. The zero-order chi connectivity index (χ0) is 30.3. The predicted molar refractivity (Wildman–Crippen MR) is 155 cm³/mol. The standard InChI is InChI=1S/C25H22N8O7S2.Na.H/c1-25(2,23(38)39)40-30-16(14-11-42-24(27)28-14)19(34)29-17-20(35)33-18(22(36)37)13(10-41-21(17)33)9-32-6-5-31-8-12(7-26)3-4-15(31)32;;/h3-6,8,11,17,21H,9-10H2,1-2H3,(H4-,27,28,29,34,36,37,38,39);;/p+1/b30-16-;;/t17-,21-;;/m1../s1. The van der Waals surface area contributed by atoms with Gasteiger partial charge in [-0.15, -0.1) is 23.1 Å². The van der Waals surface area contributed by atoms with Crippen LogP contribution in [0.2, 0.25) is 0 Å². The van der Waals surface area contributed by atoms with Crippen LogP contribution in [-0.4, -0.2) is 106 Å². The summed E-state index contributed by atoms with van der Waals surface area (Å²) in [5.41, 5.74) is 5.06. The second-order valence-electron chi connectivity index (χ2n) is 9.76. The van der Waals surface area contributed by atoms with Gasteiger partial charge >= 0.3 is 41.5 Å². The first-order valence-corrected chi connectivity index (χ1v) is 14.2. The average Bonchev–Trinajstić information content (AvgIpc) is 3.56. The van der Waals surface area contributed by atoms with Crippen LogP contribution in [0.3, 0.4) is 0 Å². The molecular formula is C25H24N8NaO7S2+. The number of pyridine rings is 1. The van der Waals surface area contributed by atoms with Crippen molar-refractivity contribution >= 4 is 92.9 Å². The van der Waals surface area contributed by atoms with Gasteiger partial charge in [0.15, 0.2) is 10.8 Å². The molecule has 2 atom stereocenters. The molecule has 0 unspecified atom stereocenters. The monoisotopic (exact) mass is 635 g/mol. The summed E-state index contributed by atoms with van der Waals surface area (Å²) in [6.07, 6.45) is 5.15. The van der Waals surface area contributed by atoms with Gasteiger partial charge in [-0.1, -0.05) is 5.16 Å². The predicted octanol–water partition coefficient (Wildman–Crippen LogP) is -0.489. The molecule has 0 radical (unpaired) electrons. The fourth-order valence-electron chi connectivity index (χ4n) is 4.32. The Morgan fingerprint density at radius 3 is 2.72 bits per heavy atom. The molecule has 3 aromatic heterocycles. The quantitative estimate of drug-likeness (QED) is 0.0773. The summed E-state index contributed by atoms with van der Waals surface area (Å²) >= 11 is 2.31. The summed E-state index contributed by atoms with van der Waals surface area (Å²) in [5, 5.41) is 35.6. The molecule has 1 saturated heterocycles. The normalized spacial score (nSPS) is 18.3. The number of nitrogens with one attached hydrogen (secondary N) is 1. The number of hydrogen-bond donors (Lipinski definition) is 4. The van der Waals surface area contributed by atoms with Gasteiger partial charge in [0.2, 0.25) is 5.60 Å². The Morgan fingerprint density at radius 2 is 2.09 bits per heavy atom. The van der Waals surface area contributed by atoms with Gasteiger partial charge in [0, 0.05) is 22.8 Å². The van der Waals surface area contributed by atoms with Gasteiger partial charge in [-0.25, -0.2) is 23.5 Å². The van der Waals surface area contributed by atoms with E-state index < -0.39 is 46.5 Å². The van der Waals surface area contributed by atoms with Crippen molar-refractivity contribution in [1.29, 1.82) is 5.26 Å². The number of aromatic nitrogens is 3. The van der Waals surface area contributed by atoms with Crippen LogP contribution in [-0.2, 0) is 30.6 Å². The number of amides is 2. The van der Waals surface area contributed by atoms with Crippen LogP contribution in [0, 0.1) is 11.3 Å². The molecule has 18 heteroatoms. The molecule has 0 spiro atoms. The number of hydrogen-bond acceptors (Lipinski definition) is 11. The first-order valence-electron chi connectivity index (χ1n) is 12.2. The molecule has 0 aromatic carbocycles. The van der Waals surface area contributed by atoms with E-state index in [1.54, 1.807) is 35.1 Å². The van der Waals surface area contributed by atoms with Crippen LogP contribution >= 0.6 is 23.1 Å². The maximum atomic E-state index is 13.2. The summed E-state index contributed by atoms with van der Waals surface area (Å²) in [7, 11) is 0. The number of nitrogens with zero attached hydrogens (tertiary/aromatic N) is 6. The molecule has 43 heavy (non-hydrogen) atoms. The SMILES string of the molecule is CC(C)(O/N=C(\C(=O)N[C@@H]1C(=O)N2C(C(=O)O)=C(Cn3cc[n+]4cc(C#N)ccc34)CS[C@H]12)c1csc(N)n1)C(=O)O.[NaH]. The number of carboxylic acids is 2. The Kier molecular flexibility index (Phi) is 9.18. The van der Waals surface area contributed by atoms with E-state index in [1.807, 2.05) is 4.57 Å². The molecule has 0 saturated carbocycles. The van der Waals surface area contributed by atoms with Crippen LogP contribution in [0.1, 0.15) is 25.1 Å². The fourth-order valence-corrected chi connectivity index (χ4v) is 6.20. The van der Waals surface area contributed by atoms with E-state index >= 15 is 0 Å². The topological polar surface area (TPSA) is 217 Å². The van der Waals surface area contributed by atoms with Crippen molar-refractivity contribution in [3.8, 4) is 6.07 Å². The van der Waals surface area contributed by atoms with Gasteiger partial charge < -0.3 is 26.1 Å². The summed E-state index contributed by atoms with van der Waals surface area (Å²) in [5.74, 6) is -3.85. The van der Waals surface area contributed by atoms with Crippen molar-refractivity contribution in [2.45, 2.75) is 37.4 Å². The van der Waals surface area contributed by atoms with Gasteiger partial charge in [0.25, 0.3) is 17.5 Å². The van der Waals surface area contributed by atoms with Crippen molar-refractivity contribution < 1.29 is 38.6 Å². The number of aliphatic carboxylic acids is 2. The van der Waals surface area contributed by atoms with Crippen molar-refractivity contribution in [3.05, 3.63) is 58.6 Å². The van der Waals surface area contributed by atoms with Crippen LogP contribution < -0.4 is 15.5 Å². The Bertz CT molecular complexity index is 1760. The molecule has 3 aromatic rings. The molecule has 1 fully saturated rings. The van der Waals surface area contributed by atoms with Crippen molar-refractivity contribution in [1.82, 2.24) is 19.8 Å². The number of fused-ring (bicyclic) bond motifs is 2. The number of thioether (sulfide) groups is 1. The molecule has 5 heterocycles. The zero-order valence-corrected chi connectivity index (χ0v) is 23.7. The molecular weight excluding hydrogens is 611 g/mol. The number of thiazole rings is 1. The fraction of sp³-hybridized carbons (Fsp3) is 0.280. The number of nitrogens with two attached hydrogens (primary N) is 1. The molecule has 5 rings (SSSR count). The van der Waals surface area contributed by atoms with Gasteiger partial charge in [0.1, 0.15) is 54.0 Å². The third-order valence-electron chi connectivity index (χ3n) is 6.54. The summed E-state index contributed by atoms with van der Waals surface area (Å²) in [6, 6.07) is 4.38. The van der Waals surface area contributed by atoms with Crippen molar-refractivity contribution in [2.75, 3.05) is 11.5 Å². The number of carbonyl (C=O) groups is 4. The van der Waals surface area contributed by atoms with Crippen molar-refractivity contribution in [3.63, 3.8) is 0 Å². The number of carbonyl (C=O) groups excluding carboxylic acids is 2. The van der Waals surface area contributed by atoms with E-state index in [4.69, 9.17) is 15.8 Å². The zero-order valence-electron chi connectivity index (χ0n) is 22.0. The molecule has 15 nitrogen and oxygen atoms in total. The van der Waals surface area contributed by atoms with Crippen LogP contribution in [0.25, 0.3) is 5.65 Å². The van der Waals surface area contributed by atoms with Crippen molar-refractivity contribution in [2.24, 2.45) is 5.16 Å². The Balaban J connectivity index is 0.00000423. The maximum absolute atomic E-state index is 13.2. The van der Waals surface area contributed by atoms with E-state index in [1.165, 1.54) is 31.0 Å². The number of anilines is 1. The van der Waals surface area contributed by atoms with Gasteiger partial charge in [0.05, 0.1) is 5.56 Å². The Labute approximate surface area is 273 Å². The average molecular weight is 636 g/mol. The molecule has 2 aliphatic rings. The number of nitriles is 1. The first-order chi connectivity index (χ1) is 19.9. The molecule has 218 valence electrons. The molecule has 2 amide bonds.